The number of allylic oxidation sites excluding steroid dienone is 2. The molecule has 2 spiro atoms. The maximum absolute atomic E-state index is 13.0. The zero-order chi connectivity index (χ0) is 18.4. The Bertz CT molecular complexity index is 1110. The smallest absolute Gasteiger partial charge is 0.246 e. The summed E-state index contributed by atoms with van der Waals surface area (Å²) in [6, 6.07) is 0. The van der Waals surface area contributed by atoms with Gasteiger partial charge in [-0.3, -0.25) is 14.9 Å². The van der Waals surface area contributed by atoms with Crippen molar-refractivity contribution < 1.29 is 9.59 Å². The van der Waals surface area contributed by atoms with Crippen molar-refractivity contribution >= 4 is 29.7 Å². The Morgan fingerprint density at radius 3 is 2.81 bits per heavy atom. The minimum atomic E-state index is -1.22. The average molecular weight is 357 g/mol. The molecule has 2 atom stereocenters. The van der Waals surface area contributed by atoms with Crippen LogP contribution in [-0.4, -0.2) is 47.7 Å². The summed E-state index contributed by atoms with van der Waals surface area (Å²) in [7, 11) is 0. The maximum Gasteiger partial charge on any atom is 0.246 e. The van der Waals surface area contributed by atoms with Crippen LogP contribution >= 0.6 is 0 Å². The van der Waals surface area contributed by atoms with Crippen molar-refractivity contribution in [2.75, 3.05) is 13.1 Å². The number of carbonyl (C=O) groups is 2. The highest BCUT2D eigenvalue weighted by Crippen LogP contribution is 2.62. The molecular formula is C20H15N5O2. The lowest BCUT2D eigenvalue weighted by Crippen LogP contribution is -2.46. The lowest BCUT2D eigenvalue weighted by atomic mass is 9.61. The standard InChI is InChI=1S/C20H15N5O2/c1-2-25-10-3-5-12-11-6-8-19-14(13(11)22-15(12)25)23-16-20(19,7-4-9-21-16)18(27)24-17(19)26/h3-9H,2,10H2,1H3,(H,24,26,27). The summed E-state index contributed by atoms with van der Waals surface area (Å²) < 4.78 is 0. The molecule has 1 fully saturated rings. The van der Waals surface area contributed by atoms with E-state index in [9.17, 15) is 9.59 Å². The van der Waals surface area contributed by atoms with Crippen LogP contribution in [0.2, 0.25) is 0 Å². The van der Waals surface area contributed by atoms with Crippen molar-refractivity contribution in [3.63, 3.8) is 0 Å². The highest BCUT2D eigenvalue weighted by Gasteiger charge is 2.73. The lowest BCUT2D eigenvalue weighted by molar-refractivity contribution is -0.126. The predicted molar refractivity (Wildman–Crippen MR) is 100 cm³/mol. The number of carbonyl (C=O) groups excluding carboxylic acids is 2. The van der Waals surface area contributed by atoms with Gasteiger partial charge in [0.15, 0.2) is 5.41 Å². The van der Waals surface area contributed by atoms with Crippen LogP contribution in [0.1, 0.15) is 6.92 Å². The maximum atomic E-state index is 13.0. The van der Waals surface area contributed by atoms with Crippen LogP contribution in [0.25, 0.3) is 0 Å². The number of aliphatic imine (C=N–C) groups is 3. The molecule has 1 aliphatic carbocycles. The quantitative estimate of drug-likeness (QED) is 0.712. The van der Waals surface area contributed by atoms with Crippen molar-refractivity contribution in [1.82, 2.24) is 10.2 Å². The molecule has 0 aromatic rings. The first kappa shape index (κ1) is 14.8. The van der Waals surface area contributed by atoms with Gasteiger partial charge < -0.3 is 4.90 Å². The van der Waals surface area contributed by atoms with E-state index in [4.69, 9.17) is 4.99 Å². The van der Waals surface area contributed by atoms with Crippen molar-refractivity contribution in [2.45, 2.75) is 6.92 Å². The number of rotatable bonds is 1. The second kappa shape index (κ2) is 4.49. The number of hydrogen-bond donors (Lipinski definition) is 1. The Balaban J connectivity index is 1.69. The third-order valence-corrected chi connectivity index (χ3v) is 6.16. The van der Waals surface area contributed by atoms with Crippen LogP contribution in [0.4, 0.5) is 0 Å². The average Bonchev–Trinajstić information content (AvgIpc) is 3.27. The van der Waals surface area contributed by atoms with E-state index >= 15 is 0 Å². The molecule has 5 heterocycles. The largest absolute Gasteiger partial charge is 0.353 e. The minimum absolute atomic E-state index is 0.352. The van der Waals surface area contributed by atoms with E-state index < -0.39 is 10.8 Å². The third kappa shape index (κ3) is 1.38. The molecule has 7 heteroatoms. The van der Waals surface area contributed by atoms with E-state index in [1.165, 1.54) is 0 Å². The molecular weight excluding hydrogens is 342 g/mol. The zero-order valence-electron chi connectivity index (χ0n) is 14.6. The van der Waals surface area contributed by atoms with Crippen LogP contribution in [0.5, 0.6) is 0 Å². The van der Waals surface area contributed by atoms with Crippen LogP contribution in [-0.2, 0) is 9.59 Å². The fraction of sp³-hybridized carbons (Fsp3) is 0.250. The van der Waals surface area contributed by atoms with Gasteiger partial charge in [0.25, 0.3) is 0 Å². The van der Waals surface area contributed by atoms with Crippen LogP contribution < -0.4 is 5.32 Å². The first-order valence-electron chi connectivity index (χ1n) is 8.99. The van der Waals surface area contributed by atoms with Crippen LogP contribution in [0.3, 0.4) is 0 Å². The van der Waals surface area contributed by atoms with Crippen molar-refractivity contribution in [2.24, 2.45) is 25.8 Å². The summed E-state index contributed by atoms with van der Waals surface area (Å²) in [6.45, 7) is 3.72. The van der Waals surface area contributed by atoms with Crippen molar-refractivity contribution in [3.05, 3.63) is 59.0 Å². The van der Waals surface area contributed by atoms with Gasteiger partial charge in [-0.05, 0) is 13.0 Å². The van der Waals surface area contributed by atoms with Gasteiger partial charge in [0.2, 0.25) is 11.8 Å². The Kier molecular flexibility index (Phi) is 2.46. The molecule has 0 saturated carbocycles. The summed E-state index contributed by atoms with van der Waals surface area (Å²) in [5.74, 6) is 0.499. The number of fused-ring (bicyclic) bond motifs is 2. The summed E-state index contributed by atoms with van der Waals surface area (Å²) in [5.41, 5.74) is 0.721. The summed E-state index contributed by atoms with van der Waals surface area (Å²) in [5, 5.41) is 2.50. The molecule has 0 aromatic heterocycles. The van der Waals surface area contributed by atoms with Gasteiger partial charge in [-0.2, -0.15) is 0 Å². The van der Waals surface area contributed by atoms with Gasteiger partial charge in [-0.15, -0.1) is 0 Å². The number of hydrogen-bond acceptors (Lipinski definition) is 6. The highest BCUT2D eigenvalue weighted by molar-refractivity contribution is 6.29. The highest BCUT2D eigenvalue weighted by atomic mass is 16.2. The number of likely N-dealkylation sites (N-methyl/N-ethyl adjacent to an activating group) is 1. The molecule has 6 aliphatic rings. The molecule has 0 radical (unpaired) electrons. The van der Waals surface area contributed by atoms with E-state index in [0.29, 0.717) is 17.2 Å². The predicted octanol–water partition coefficient (Wildman–Crippen LogP) is 1.05. The van der Waals surface area contributed by atoms with Crippen molar-refractivity contribution in [1.29, 1.82) is 0 Å². The molecule has 7 nitrogen and oxygen atoms in total. The number of nitrogens with zero attached hydrogens (tertiary/aromatic N) is 4. The molecule has 132 valence electrons. The molecule has 2 unspecified atom stereocenters. The first-order valence-corrected chi connectivity index (χ1v) is 8.99. The summed E-state index contributed by atoms with van der Waals surface area (Å²) >= 11 is 0. The Hall–Kier alpha value is -3.35. The van der Waals surface area contributed by atoms with Gasteiger partial charge >= 0.3 is 0 Å². The van der Waals surface area contributed by atoms with Crippen LogP contribution in [0.15, 0.2) is 74.0 Å². The Morgan fingerprint density at radius 1 is 1.11 bits per heavy atom. The zero-order valence-corrected chi connectivity index (χ0v) is 14.6. The lowest BCUT2D eigenvalue weighted by Gasteiger charge is -2.34. The van der Waals surface area contributed by atoms with E-state index in [1.807, 2.05) is 12.2 Å². The molecule has 0 aromatic carbocycles. The number of imide groups is 1. The Labute approximate surface area is 155 Å². The molecule has 27 heavy (non-hydrogen) atoms. The topological polar surface area (TPSA) is 86.5 Å². The fourth-order valence-electron chi connectivity index (χ4n) is 4.85. The van der Waals surface area contributed by atoms with E-state index in [0.717, 1.165) is 30.1 Å². The van der Waals surface area contributed by atoms with Crippen LogP contribution in [0, 0.1) is 10.8 Å². The number of amides is 2. The first-order chi connectivity index (χ1) is 13.1. The molecule has 2 amide bonds. The summed E-state index contributed by atoms with van der Waals surface area (Å²) in [4.78, 5) is 41.9. The molecule has 0 bridgehead atoms. The fourth-order valence-corrected chi connectivity index (χ4v) is 4.85. The second-order valence-electron chi connectivity index (χ2n) is 7.21. The van der Waals surface area contributed by atoms with Gasteiger partial charge in [-0.1, -0.05) is 30.4 Å². The molecule has 6 rings (SSSR count). The van der Waals surface area contributed by atoms with E-state index in [-0.39, 0.29) is 11.8 Å². The third-order valence-electron chi connectivity index (χ3n) is 6.16. The number of nitrogens with one attached hydrogen (secondary N) is 1. The van der Waals surface area contributed by atoms with Gasteiger partial charge in [0.1, 0.15) is 17.1 Å². The van der Waals surface area contributed by atoms with E-state index in [1.54, 1.807) is 18.4 Å². The normalized spacial score (nSPS) is 34.3. The van der Waals surface area contributed by atoms with Crippen molar-refractivity contribution in [3.8, 4) is 0 Å². The minimum Gasteiger partial charge on any atom is -0.353 e. The van der Waals surface area contributed by atoms with Gasteiger partial charge in [0.05, 0.1) is 11.4 Å². The SMILES string of the molecule is CCN1CC=CC2=C3C=CC45C(=O)NC(=O)C46C=CC=NC6=NC5=C3N=C21. The summed E-state index contributed by atoms with van der Waals surface area (Å²) in [6.07, 6.45) is 12.9. The molecule has 5 aliphatic heterocycles. The number of dihydropyridines is 1. The van der Waals surface area contributed by atoms with E-state index in [2.05, 4.69) is 39.3 Å². The Morgan fingerprint density at radius 2 is 1.96 bits per heavy atom. The molecule has 1 saturated heterocycles. The van der Waals surface area contributed by atoms with Gasteiger partial charge in [0, 0.05) is 30.5 Å². The van der Waals surface area contributed by atoms with Gasteiger partial charge in [-0.25, -0.2) is 15.0 Å². The number of amidine groups is 2. The monoisotopic (exact) mass is 357 g/mol. The second-order valence-corrected chi connectivity index (χ2v) is 7.21. The molecule has 1 N–H and O–H groups in total.